The molecule has 120 valence electrons. The predicted octanol–water partition coefficient (Wildman–Crippen LogP) is 1.35. The number of aromatic nitrogens is 1. The normalized spacial score (nSPS) is 26.5. The lowest BCUT2D eigenvalue weighted by Crippen LogP contribution is -2.49. The van der Waals surface area contributed by atoms with Gasteiger partial charge in [0, 0.05) is 38.0 Å². The van der Waals surface area contributed by atoms with E-state index in [1.165, 1.54) is 12.3 Å². The van der Waals surface area contributed by atoms with Crippen LogP contribution in [0.25, 0.3) is 0 Å². The Kier molecular flexibility index (Phi) is 4.90. The van der Waals surface area contributed by atoms with Crippen molar-refractivity contribution in [3.8, 4) is 5.75 Å². The van der Waals surface area contributed by atoms with E-state index in [1.807, 2.05) is 0 Å². The molecular formula is C16H22N2O4. The molecule has 2 aliphatic rings. The summed E-state index contributed by atoms with van der Waals surface area (Å²) in [6, 6.07) is 3.14. The van der Waals surface area contributed by atoms with Crippen LogP contribution in [-0.4, -0.2) is 48.5 Å². The van der Waals surface area contributed by atoms with Crippen molar-refractivity contribution in [1.82, 2.24) is 10.3 Å². The number of pyridine rings is 1. The molecule has 0 saturated carbocycles. The number of carbonyl (C=O) groups excluding carboxylic acids is 1. The number of nitrogens with one attached hydrogen (secondary N) is 1. The van der Waals surface area contributed by atoms with E-state index < -0.39 is 0 Å². The van der Waals surface area contributed by atoms with Crippen molar-refractivity contribution in [2.45, 2.75) is 25.3 Å². The van der Waals surface area contributed by atoms with Gasteiger partial charge in [0.15, 0.2) is 5.69 Å². The Morgan fingerprint density at radius 3 is 2.77 bits per heavy atom. The van der Waals surface area contributed by atoms with Gasteiger partial charge in [0.2, 0.25) is 0 Å². The minimum Gasteiger partial charge on any atom is -0.505 e. The van der Waals surface area contributed by atoms with Crippen molar-refractivity contribution in [3.63, 3.8) is 0 Å². The van der Waals surface area contributed by atoms with Gasteiger partial charge >= 0.3 is 0 Å². The molecule has 2 fully saturated rings. The summed E-state index contributed by atoms with van der Waals surface area (Å²) in [5.74, 6) is 0.404. The van der Waals surface area contributed by atoms with Crippen LogP contribution in [0.1, 0.15) is 29.8 Å². The quantitative estimate of drug-likeness (QED) is 0.881. The Morgan fingerprint density at radius 2 is 2.00 bits per heavy atom. The molecule has 3 rings (SSSR count). The fraction of sp³-hybridized carbons (Fsp3) is 0.625. The first-order chi connectivity index (χ1) is 10.8. The standard InChI is InChI=1S/C16H22N2O4/c19-14-2-1-6-17-15(14)16(20)18-13-5-9-22-10-12(13)11-3-7-21-8-4-11/h1-2,6,11-13,19H,3-5,7-10H2,(H,18,20)/t12-,13-/m0/s1. The minimum absolute atomic E-state index is 0.0609. The van der Waals surface area contributed by atoms with Crippen LogP contribution in [0, 0.1) is 11.8 Å². The molecule has 0 aliphatic carbocycles. The molecule has 0 aromatic carbocycles. The maximum atomic E-state index is 12.4. The molecule has 0 unspecified atom stereocenters. The second kappa shape index (κ2) is 7.07. The molecule has 0 radical (unpaired) electrons. The van der Waals surface area contributed by atoms with E-state index in [1.54, 1.807) is 6.07 Å². The van der Waals surface area contributed by atoms with Crippen molar-refractivity contribution in [1.29, 1.82) is 0 Å². The van der Waals surface area contributed by atoms with Crippen molar-refractivity contribution in [2.75, 3.05) is 26.4 Å². The first kappa shape index (κ1) is 15.2. The van der Waals surface area contributed by atoms with Crippen molar-refractivity contribution >= 4 is 5.91 Å². The SMILES string of the molecule is O=C(N[C@H]1CCOC[C@H]1C1CCOCC1)c1ncccc1O. The molecule has 1 aromatic heterocycles. The highest BCUT2D eigenvalue weighted by molar-refractivity contribution is 5.94. The van der Waals surface area contributed by atoms with Gasteiger partial charge in [-0.3, -0.25) is 4.79 Å². The van der Waals surface area contributed by atoms with E-state index >= 15 is 0 Å². The molecule has 2 atom stereocenters. The molecule has 6 nitrogen and oxygen atoms in total. The summed E-state index contributed by atoms with van der Waals surface area (Å²) in [6.07, 6.45) is 4.32. The van der Waals surface area contributed by atoms with Gasteiger partial charge in [-0.25, -0.2) is 4.98 Å². The zero-order valence-corrected chi connectivity index (χ0v) is 12.5. The van der Waals surface area contributed by atoms with Gasteiger partial charge in [-0.05, 0) is 37.3 Å². The van der Waals surface area contributed by atoms with Crippen LogP contribution < -0.4 is 5.32 Å². The van der Waals surface area contributed by atoms with Gasteiger partial charge in [-0.15, -0.1) is 0 Å². The molecule has 2 saturated heterocycles. The maximum absolute atomic E-state index is 12.4. The summed E-state index contributed by atoms with van der Waals surface area (Å²) in [5.41, 5.74) is 0.0831. The van der Waals surface area contributed by atoms with Crippen LogP contribution >= 0.6 is 0 Å². The number of amides is 1. The van der Waals surface area contributed by atoms with Crippen LogP contribution in [0.3, 0.4) is 0 Å². The van der Waals surface area contributed by atoms with E-state index in [0.717, 1.165) is 32.5 Å². The number of hydrogen-bond donors (Lipinski definition) is 2. The Morgan fingerprint density at radius 1 is 1.23 bits per heavy atom. The fourth-order valence-electron chi connectivity index (χ4n) is 3.36. The highest BCUT2D eigenvalue weighted by Crippen LogP contribution is 2.30. The molecule has 2 N–H and O–H groups in total. The Balaban J connectivity index is 1.68. The largest absolute Gasteiger partial charge is 0.505 e. The molecular weight excluding hydrogens is 284 g/mol. The van der Waals surface area contributed by atoms with Crippen LogP contribution in [0.15, 0.2) is 18.3 Å². The summed E-state index contributed by atoms with van der Waals surface area (Å²) < 4.78 is 11.0. The number of ether oxygens (including phenoxy) is 2. The summed E-state index contributed by atoms with van der Waals surface area (Å²) in [6.45, 7) is 2.88. The maximum Gasteiger partial charge on any atom is 0.273 e. The minimum atomic E-state index is -0.318. The Hall–Kier alpha value is -1.66. The number of nitrogens with zero attached hydrogens (tertiary/aromatic N) is 1. The molecule has 1 amide bonds. The summed E-state index contributed by atoms with van der Waals surface area (Å²) in [7, 11) is 0. The van der Waals surface area contributed by atoms with Crippen molar-refractivity contribution in [2.24, 2.45) is 11.8 Å². The topological polar surface area (TPSA) is 80.7 Å². The lowest BCUT2D eigenvalue weighted by molar-refractivity contribution is -0.0259. The van der Waals surface area contributed by atoms with Crippen LogP contribution in [0.4, 0.5) is 0 Å². The summed E-state index contributed by atoms with van der Waals surface area (Å²) in [5, 5.41) is 12.8. The second-order valence-electron chi connectivity index (χ2n) is 5.93. The molecule has 22 heavy (non-hydrogen) atoms. The van der Waals surface area contributed by atoms with E-state index in [0.29, 0.717) is 25.0 Å². The van der Waals surface area contributed by atoms with Crippen molar-refractivity contribution in [3.05, 3.63) is 24.0 Å². The van der Waals surface area contributed by atoms with Gasteiger partial charge in [0.1, 0.15) is 5.75 Å². The van der Waals surface area contributed by atoms with E-state index in [-0.39, 0.29) is 23.4 Å². The fourth-order valence-corrected chi connectivity index (χ4v) is 3.36. The third-order valence-electron chi connectivity index (χ3n) is 4.59. The Labute approximate surface area is 129 Å². The second-order valence-corrected chi connectivity index (χ2v) is 5.93. The zero-order chi connectivity index (χ0) is 15.4. The Bertz CT molecular complexity index is 517. The van der Waals surface area contributed by atoms with Gasteiger partial charge in [0.05, 0.1) is 6.61 Å². The first-order valence-electron chi connectivity index (χ1n) is 7.86. The monoisotopic (exact) mass is 306 g/mol. The van der Waals surface area contributed by atoms with Gasteiger partial charge in [-0.2, -0.15) is 0 Å². The molecule has 6 heteroatoms. The average Bonchev–Trinajstić information content (AvgIpc) is 2.56. The highest BCUT2D eigenvalue weighted by Gasteiger charge is 2.34. The van der Waals surface area contributed by atoms with Gasteiger partial charge in [-0.1, -0.05) is 0 Å². The summed E-state index contributed by atoms with van der Waals surface area (Å²) in [4.78, 5) is 16.3. The smallest absolute Gasteiger partial charge is 0.273 e. The van der Waals surface area contributed by atoms with E-state index in [2.05, 4.69) is 10.3 Å². The van der Waals surface area contributed by atoms with Crippen molar-refractivity contribution < 1.29 is 19.4 Å². The van der Waals surface area contributed by atoms with E-state index in [4.69, 9.17) is 9.47 Å². The first-order valence-corrected chi connectivity index (χ1v) is 7.86. The predicted molar refractivity (Wildman–Crippen MR) is 79.6 cm³/mol. The van der Waals surface area contributed by atoms with Gasteiger partial charge < -0.3 is 19.9 Å². The highest BCUT2D eigenvalue weighted by atomic mass is 16.5. The van der Waals surface area contributed by atoms with E-state index in [9.17, 15) is 9.90 Å². The lowest BCUT2D eigenvalue weighted by Gasteiger charge is -2.38. The van der Waals surface area contributed by atoms with Crippen LogP contribution in [0.5, 0.6) is 5.75 Å². The lowest BCUT2D eigenvalue weighted by atomic mass is 9.79. The number of hydrogen-bond acceptors (Lipinski definition) is 5. The van der Waals surface area contributed by atoms with Crippen LogP contribution in [0.2, 0.25) is 0 Å². The number of rotatable bonds is 3. The molecule has 2 aliphatic heterocycles. The molecule has 0 spiro atoms. The van der Waals surface area contributed by atoms with Gasteiger partial charge in [0.25, 0.3) is 5.91 Å². The number of aromatic hydroxyl groups is 1. The average molecular weight is 306 g/mol. The third kappa shape index (κ3) is 3.39. The number of carbonyl (C=O) groups is 1. The van der Waals surface area contributed by atoms with Crippen LogP contribution in [-0.2, 0) is 9.47 Å². The molecule has 0 bridgehead atoms. The molecule has 1 aromatic rings. The third-order valence-corrected chi connectivity index (χ3v) is 4.59. The summed E-state index contributed by atoms with van der Waals surface area (Å²) >= 11 is 0. The molecule has 3 heterocycles. The zero-order valence-electron chi connectivity index (χ0n) is 12.5.